The molecule has 2 saturated heterocycles. The Bertz CT molecular complexity index is 1060. The third-order valence-corrected chi connectivity index (χ3v) is 6.42. The van der Waals surface area contributed by atoms with Crippen molar-refractivity contribution in [2.75, 3.05) is 44.4 Å². The summed E-state index contributed by atoms with van der Waals surface area (Å²) in [4.78, 5) is 29.3. The molecule has 2 aliphatic rings. The summed E-state index contributed by atoms with van der Waals surface area (Å²) in [5.74, 6) is 0.980. The van der Waals surface area contributed by atoms with E-state index in [-0.39, 0.29) is 18.4 Å². The van der Waals surface area contributed by atoms with E-state index in [4.69, 9.17) is 26.4 Å². The highest BCUT2D eigenvalue weighted by Gasteiger charge is 2.33. The Hall–Kier alpha value is -2.88. The molecule has 0 aliphatic carbocycles. The molecule has 0 unspecified atom stereocenters. The van der Waals surface area contributed by atoms with E-state index in [9.17, 15) is 9.59 Å². The van der Waals surface area contributed by atoms with Gasteiger partial charge in [-0.2, -0.15) is 0 Å². The summed E-state index contributed by atoms with van der Waals surface area (Å²) < 4.78 is 17.0. The third kappa shape index (κ3) is 5.55. The molecule has 0 radical (unpaired) electrons. The van der Waals surface area contributed by atoms with E-state index in [1.807, 2.05) is 49.4 Å². The van der Waals surface area contributed by atoms with Crippen LogP contribution < -0.4 is 14.4 Å². The minimum atomic E-state index is -0.201. The number of para-hydroxylation sites is 1. The van der Waals surface area contributed by atoms with E-state index < -0.39 is 0 Å². The van der Waals surface area contributed by atoms with Crippen LogP contribution in [-0.2, 0) is 14.3 Å². The zero-order chi connectivity index (χ0) is 23.2. The fourth-order valence-corrected chi connectivity index (χ4v) is 4.75. The molecule has 2 amide bonds. The summed E-state index contributed by atoms with van der Waals surface area (Å²) in [6.07, 6.45) is 1.75. The number of hydrogen-bond donors (Lipinski definition) is 0. The summed E-state index contributed by atoms with van der Waals surface area (Å²) in [5.41, 5.74) is 1.39. The summed E-state index contributed by atoms with van der Waals surface area (Å²) in [5, 5.41) is 0. The van der Waals surface area contributed by atoms with Crippen LogP contribution in [0.3, 0.4) is 0 Å². The number of amides is 2. The lowest BCUT2D eigenvalue weighted by atomic mass is 10.2. The molecule has 2 aromatic rings. The molecule has 0 bridgehead atoms. The molecule has 0 saturated carbocycles. The lowest BCUT2D eigenvalue weighted by molar-refractivity contribution is -0.137. The molecule has 4 rings (SSSR count). The molecule has 33 heavy (non-hydrogen) atoms. The van der Waals surface area contributed by atoms with Gasteiger partial charge >= 0.3 is 0 Å². The summed E-state index contributed by atoms with van der Waals surface area (Å²) >= 11 is 6.71. The van der Waals surface area contributed by atoms with Gasteiger partial charge in [0.05, 0.1) is 30.4 Å². The number of thiocarbonyl (C=S) groups is 1. The van der Waals surface area contributed by atoms with Crippen LogP contribution in [0.4, 0.5) is 5.69 Å². The molecule has 172 valence electrons. The van der Waals surface area contributed by atoms with Crippen molar-refractivity contribution >= 4 is 51.9 Å². The second kappa shape index (κ2) is 10.8. The second-order valence-corrected chi connectivity index (χ2v) is 8.94. The monoisotopic (exact) mass is 484 g/mol. The van der Waals surface area contributed by atoms with Gasteiger partial charge in [-0.1, -0.05) is 42.2 Å². The molecular formula is C24H24N2O5S2. The van der Waals surface area contributed by atoms with Crippen molar-refractivity contribution in [2.45, 2.75) is 6.92 Å². The number of ether oxygens (including phenoxy) is 3. The van der Waals surface area contributed by atoms with E-state index in [1.165, 1.54) is 16.7 Å². The Kier molecular flexibility index (Phi) is 7.64. The van der Waals surface area contributed by atoms with Crippen molar-refractivity contribution in [3.63, 3.8) is 0 Å². The fourth-order valence-electron chi connectivity index (χ4n) is 3.46. The Labute approximate surface area is 202 Å². The number of thioether (sulfide) groups is 1. The van der Waals surface area contributed by atoms with Gasteiger partial charge in [0, 0.05) is 18.7 Å². The summed E-state index contributed by atoms with van der Waals surface area (Å²) in [6, 6.07) is 14.6. The quantitative estimate of drug-likeness (QED) is 0.438. The Morgan fingerprint density at radius 1 is 1.12 bits per heavy atom. The van der Waals surface area contributed by atoms with Crippen LogP contribution >= 0.6 is 24.0 Å². The second-order valence-electron chi connectivity index (χ2n) is 7.26. The predicted octanol–water partition coefficient (Wildman–Crippen LogP) is 3.73. The number of benzene rings is 2. The Morgan fingerprint density at radius 2 is 1.85 bits per heavy atom. The van der Waals surface area contributed by atoms with Gasteiger partial charge in [-0.05, 0) is 43.3 Å². The number of carbonyl (C=O) groups is 2. The number of nitrogens with zero attached hydrogens (tertiary/aromatic N) is 2. The van der Waals surface area contributed by atoms with E-state index in [0.717, 1.165) is 5.75 Å². The Balaban J connectivity index is 1.48. The number of carbonyl (C=O) groups excluding carboxylic acids is 2. The summed E-state index contributed by atoms with van der Waals surface area (Å²) in [7, 11) is 0. The van der Waals surface area contributed by atoms with E-state index in [2.05, 4.69) is 0 Å². The van der Waals surface area contributed by atoms with Gasteiger partial charge in [0.15, 0.2) is 10.9 Å². The van der Waals surface area contributed by atoms with Gasteiger partial charge in [0.2, 0.25) is 0 Å². The highest BCUT2D eigenvalue weighted by Crippen LogP contribution is 2.37. The van der Waals surface area contributed by atoms with Gasteiger partial charge < -0.3 is 19.1 Å². The predicted molar refractivity (Wildman–Crippen MR) is 133 cm³/mol. The molecule has 2 aromatic carbocycles. The van der Waals surface area contributed by atoms with Gasteiger partial charge in [0.1, 0.15) is 11.5 Å². The van der Waals surface area contributed by atoms with Crippen molar-refractivity contribution in [3.8, 4) is 11.5 Å². The molecule has 0 aromatic heterocycles. The largest absolute Gasteiger partial charge is 0.494 e. The van der Waals surface area contributed by atoms with E-state index in [0.29, 0.717) is 59.1 Å². The van der Waals surface area contributed by atoms with Crippen molar-refractivity contribution < 1.29 is 23.8 Å². The molecule has 2 heterocycles. The average molecular weight is 485 g/mol. The normalized spacial score (nSPS) is 17.5. The Morgan fingerprint density at radius 3 is 2.58 bits per heavy atom. The highest BCUT2D eigenvalue weighted by atomic mass is 32.2. The minimum absolute atomic E-state index is 0.0714. The zero-order valence-electron chi connectivity index (χ0n) is 18.2. The standard InChI is InChI=1S/C24H24N2O5S2/c1-2-30-19-9-7-18(8-10-19)26-23(28)21(33-24(26)32)15-17-5-3-4-6-20(17)31-16-22(27)25-11-13-29-14-12-25/h3-10,15H,2,11-14,16H2,1H3/b21-15-. The first-order chi connectivity index (χ1) is 16.1. The molecule has 2 aliphatic heterocycles. The number of rotatable bonds is 7. The smallest absolute Gasteiger partial charge is 0.270 e. The first kappa shape index (κ1) is 23.3. The van der Waals surface area contributed by atoms with Crippen LogP contribution in [0.1, 0.15) is 12.5 Å². The van der Waals surface area contributed by atoms with Crippen LogP contribution in [0.15, 0.2) is 53.4 Å². The molecular weight excluding hydrogens is 460 g/mol. The number of hydrogen-bond acceptors (Lipinski definition) is 7. The number of morpholine rings is 1. The van der Waals surface area contributed by atoms with Gasteiger partial charge in [0.25, 0.3) is 11.8 Å². The van der Waals surface area contributed by atoms with Crippen LogP contribution in [0.5, 0.6) is 11.5 Å². The van der Waals surface area contributed by atoms with Crippen molar-refractivity contribution in [3.05, 3.63) is 59.0 Å². The maximum absolute atomic E-state index is 13.1. The lowest BCUT2D eigenvalue weighted by Crippen LogP contribution is -2.43. The molecule has 0 spiro atoms. The third-order valence-electron chi connectivity index (χ3n) is 5.12. The molecule has 0 N–H and O–H groups in total. The maximum Gasteiger partial charge on any atom is 0.270 e. The fraction of sp³-hybridized carbons (Fsp3) is 0.292. The van der Waals surface area contributed by atoms with Gasteiger partial charge in [-0.25, -0.2) is 0 Å². The average Bonchev–Trinajstić information content (AvgIpc) is 3.12. The first-order valence-electron chi connectivity index (χ1n) is 10.6. The molecule has 2 fully saturated rings. The van der Waals surface area contributed by atoms with Crippen molar-refractivity contribution in [2.24, 2.45) is 0 Å². The van der Waals surface area contributed by atoms with Crippen molar-refractivity contribution in [1.82, 2.24) is 4.90 Å². The zero-order valence-corrected chi connectivity index (χ0v) is 19.8. The van der Waals surface area contributed by atoms with Crippen LogP contribution in [0.2, 0.25) is 0 Å². The van der Waals surface area contributed by atoms with Crippen LogP contribution in [-0.4, -0.2) is 60.6 Å². The van der Waals surface area contributed by atoms with Gasteiger partial charge in [-0.3, -0.25) is 14.5 Å². The molecule has 9 heteroatoms. The molecule has 7 nitrogen and oxygen atoms in total. The van der Waals surface area contributed by atoms with Gasteiger partial charge in [-0.15, -0.1) is 0 Å². The number of anilines is 1. The first-order valence-corrected chi connectivity index (χ1v) is 11.9. The van der Waals surface area contributed by atoms with Crippen LogP contribution in [0.25, 0.3) is 6.08 Å². The maximum atomic E-state index is 13.1. The van der Waals surface area contributed by atoms with E-state index in [1.54, 1.807) is 17.0 Å². The van der Waals surface area contributed by atoms with Crippen molar-refractivity contribution in [1.29, 1.82) is 0 Å². The highest BCUT2D eigenvalue weighted by molar-refractivity contribution is 8.27. The SMILES string of the molecule is CCOc1ccc(N2C(=O)/C(=C/c3ccccc3OCC(=O)N3CCOCC3)SC2=S)cc1. The molecule has 0 atom stereocenters. The van der Waals surface area contributed by atoms with Crippen LogP contribution in [0, 0.1) is 0 Å². The van der Waals surface area contributed by atoms with E-state index >= 15 is 0 Å². The topological polar surface area (TPSA) is 68.3 Å². The summed E-state index contributed by atoms with van der Waals surface area (Å²) in [6.45, 7) is 4.63. The lowest BCUT2D eigenvalue weighted by Gasteiger charge is -2.26. The minimum Gasteiger partial charge on any atom is -0.494 e.